The molecule has 2 rings (SSSR count). The molecule has 2 unspecified atom stereocenters. The van der Waals surface area contributed by atoms with Crippen LogP contribution in [0, 0.1) is 17.5 Å². The van der Waals surface area contributed by atoms with Crippen molar-refractivity contribution in [3.8, 4) is 0 Å². The van der Waals surface area contributed by atoms with Gasteiger partial charge >= 0.3 is 5.97 Å². The first-order valence-corrected chi connectivity index (χ1v) is 6.29. The van der Waals surface area contributed by atoms with Crippen LogP contribution >= 0.6 is 11.8 Å². The van der Waals surface area contributed by atoms with Crippen molar-refractivity contribution in [3.05, 3.63) is 35.1 Å². The third kappa shape index (κ3) is 2.62. The molecule has 2 N–H and O–H groups in total. The molecular weight excluding hydrogens is 267 g/mol. The topological polar surface area (TPSA) is 49.3 Å². The summed E-state index contributed by atoms with van der Waals surface area (Å²) in [4.78, 5) is 10.8. The fraction of sp³-hybridized carbons (Fsp3) is 0.364. The molecule has 7 heteroatoms. The summed E-state index contributed by atoms with van der Waals surface area (Å²) in [6.45, 7) is 0. The number of thioether (sulfide) groups is 1. The van der Waals surface area contributed by atoms with Gasteiger partial charge in [-0.1, -0.05) is 0 Å². The number of rotatable bonds is 2. The highest BCUT2D eigenvalue weighted by Gasteiger charge is 2.28. The number of benzene rings is 1. The Hall–Kier alpha value is -1.21. The van der Waals surface area contributed by atoms with E-state index < -0.39 is 34.8 Å². The molecule has 0 spiro atoms. The number of aliphatic carboxylic acids is 1. The zero-order chi connectivity index (χ0) is 13.3. The zero-order valence-electron chi connectivity index (χ0n) is 9.12. The van der Waals surface area contributed by atoms with Crippen molar-refractivity contribution in [2.45, 2.75) is 17.8 Å². The Balaban J connectivity index is 2.23. The molecule has 98 valence electrons. The van der Waals surface area contributed by atoms with E-state index in [1.165, 1.54) is 11.8 Å². The minimum absolute atomic E-state index is 0.197. The summed E-state index contributed by atoms with van der Waals surface area (Å²) >= 11 is 1.33. The Labute approximate surface area is 105 Å². The summed E-state index contributed by atoms with van der Waals surface area (Å²) in [5.41, 5.74) is 0.197. The fourth-order valence-corrected chi connectivity index (χ4v) is 2.93. The SMILES string of the molecule is O=C(O)C1CCSC(c2cc(F)c(F)c(F)c2)N1. The smallest absolute Gasteiger partial charge is 0.320 e. The molecule has 1 aliphatic heterocycles. The predicted octanol–water partition coefficient (Wildman–Crippen LogP) is 2.28. The molecule has 1 saturated heterocycles. The fourth-order valence-electron chi connectivity index (χ4n) is 1.73. The van der Waals surface area contributed by atoms with Gasteiger partial charge in [-0.05, 0) is 29.9 Å². The molecule has 0 aromatic heterocycles. The summed E-state index contributed by atoms with van der Waals surface area (Å²) in [6.07, 6.45) is 0.433. The van der Waals surface area contributed by atoms with Gasteiger partial charge in [0.05, 0.1) is 5.37 Å². The Morgan fingerprint density at radius 3 is 2.50 bits per heavy atom. The highest BCUT2D eigenvalue weighted by molar-refractivity contribution is 7.99. The number of carbonyl (C=O) groups is 1. The van der Waals surface area contributed by atoms with Gasteiger partial charge in [-0.15, -0.1) is 11.8 Å². The predicted molar refractivity (Wildman–Crippen MR) is 60.7 cm³/mol. The minimum Gasteiger partial charge on any atom is -0.480 e. The van der Waals surface area contributed by atoms with E-state index in [0.717, 1.165) is 12.1 Å². The van der Waals surface area contributed by atoms with Crippen LogP contribution < -0.4 is 5.32 Å². The summed E-state index contributed by atoms with van der Waals surface area (Å²) in [6, 6.07) is 1.01. The Morgan fingerprint density at radius 1 is 1.33 bits per heavy atom. The quantitative estimate of drug-likeness (QED) is 0.814. The van der Waals surface area contributed by atoms with Gasteiger partial charge in [0.15, 0.2) is 17.5 Å². The Bertz CT molecular complexity index is 460. The van der Waals surface area contributed by atoms with E-state index in [-0.39, 0.29) is 5.56 Å². The highest BCUT2D eigenvalue weighted by Crippen LogP contribution is 2.32. The third-order valence-electron chi connectivity index (χ3n) is 2.65. The number of carboxylic acid groups (broad SMARTS) is 1. The first kappa shape index (κ1) is 13.2. The molecule has 0 amide bonds. The maximum atomic E-state index is 13.1. The van der Waals surface area contributed by atoms with Gasteiger partial charge in [-0.25, -0.2) is 13.2 Å². The van der Waals surface area contributed by atoms with E-state index in [1.54, 1.807) is 0 Å². The van der Waals surface area contributed by atoms with E-state index in [2.05, 4.69) is 5.32 Å². The monoisotopic (exact) mass is 277 g/mol. The largest absolute Gasteiger partial charge is 0.480 e. The van der Waals surface area contributed by atoms with E-state index in [0.29, 0.717) is 12.2 Å². The van der Waals surface area contributed by atoms with E-state index in [1.807, 2.05) is 0 Å². The number of carboxylic acids is 1. The number of nitrogens with one attached hydrogen (secondary N) is 1. The lowest BCUT2D eigenvalue weighted by Gasteiger charge is -2.28. The van der Waals surface area contributed by atoms with Crippen molar-refractivity contribution in [3.63, 3.8) is 0 Å². The third-order valence-corrected chi connectivity index (χ3v) is 3.86. The molecule has 18 heavy (non-hydrogen) atoms. The van der Waals surface area contributed by atoms with Crippen molar-refractivity contribution in [2.24, 2.45) is 0 Å². The van der Waals surface area contributed by atoms with Gasteiger partial charge in [-0.3, -0.25) is 10.1 Å². The Kier molecular flexibility index (Phi) is 3.82. The lowest BCUT2D eigenvalue weighted by molar-refractivity contribution is -0.139. The van der Waals surface area contributed by atoms with Crippen LogP contribution in [0.4, 0.5) is 13.2 Å². The standard InChI is InChI=1S/C11H10F3NO2S/c12-6-3-5(4-7(13)9(6)14)10-15-8(11(16)17)1-2-18-10/h3-4,8,10,15H,1-2H2,(H,16,17). The number of hydrogen-bond donors (Lipinski definition) is 2. The van der Waals surface area contributed by atoms with Gasteiger partial charge in [-0.2, -0.15) is 0 Å². The molecule has 3 nitrogen and oxygen atoms in total. The summed E-state index contributed by atoms with van der Waals surface area (Å²) in [7, 11) is 0. The van der Waals surface area contributed by atoms with Crippen LogP contribution in [0.15, 0.2) is 12.1 Å². The maximum Gasteiger partial charge on any atom is 0.320 e. The average molecular weight is 277 g/mol. The van der Waals surface area contributed by atoms with Crippen LogP contribution in [0.25, 0.3) is 0 Å². The zero-order valence-corrected chi connectivity index (χ0v) is 9.94. The molecule has 0 bridgehead atoms. The molecule has 0 radical (unpaired) electrons. The first-order valence-electron chi connectivity index (χ1n) is 5.24. The molecule has 0 aliphatic carbocycles. The van der Waals surface area contributed by atoms with Gasteiger partial charge < -0.3 is 5.11 Å². The van der Waals surface area contributed by atoms with E-state index >= 15 is 0 Å². The normalized spacial score (nSPS) is 23.9. The number of halogens is 3. The average Bonchev–Trinajstić information content (AvgIpc) is 2.35. The van der Waals surface area contributed by atoms with Crippen LogP contribution in [-0.2, 0) is 4.79 Å². The van der Waals surface area contributed by atoms with Crippen LogP contribution in [0.5, 0.6) is 0 Å². The van der Waals surface area contributed by atoms with Crippen LogP contribution in [0.2, 0.25) is 0 Å². The van der Waals surface area contributed by atoms with Crippen molar-refractivity contribution < 1.29 is 23.1 Å². The lowest BCUT2D eigenvalue weighted by Crippen LogP contribution is -2.41. The molecule has 2 atom stereocenters. The van der Waals surface area contributed by atoms with Crippen molar-refractivity contribution >= 4 is 17.7 Å². The maximum absolute atomic E-state index is 13.1. The van der Waals surface area contributed by atoms with E-state index in [9.17, 15) is 18.0 Å². The second kappa shape index (κ2) is 5.19. The van der Waals surface area contributed by atoms with Gasteiger partial charge in [0, 0.05) is 0 Å². The second-order valence-electron chi connectivity index (χ2n) is 3.90. The minimum atomic E-state index is -1.52. The summed E-state index contributed by atoms with van der Waals surface area (Å²) < 4.78 is 39.0. The highest BCUT2D eigenvalue weighted by atomic mass is 32.2. The second-order valence-corrected chi connectivity index (χ2v) is 5.11. The summed E-state index contributed by atoms with van der Waals surface area (Å²) in [5.74, 6) is -4.53. The molecule has 1 heterocycles. The van der Waals surface area contributed by atoms with Gasteiger partial charge in [0.2, 0.25) is 0 Å². The first-order chi connectivity index (χ1) is 8.49. The van der Waals surface area contributed by atoms with E-state index in [4.69, 9.17) is 5.11 Å². The molecule has 1 fully saturated rings. The van der Waals surface area contributed by atoms with Crippen LogP contribution in [0.3, 0.4) is 0 Å². The Morgan fingerprint density at radius 2 is 1.94 bits per heavy atom. The van der Waals surface area contributed by atoms with Crippen molar-refractivity contribution in [1.29, 1.82) is 0 Å². The molecule has 1 aliphatic rings. The molecule has 1 aromatic rings. The molecule has 0 saturated carbocycles. The summed E-state index contributed by atoms with van der Waals surface area (Å²) in [5, 5.41) is 11.1. The van der Waals surface area contributed by atoms with Gasteiger partial charge in [0.25, 0.3) is 0 Å². The lowest BCUT2D eigenvalue weighted by atomic mass is 10.1. The van der Waals surface area contributed by atoms with Crippen LogP contribution in [0.1, 0.15) is 17.4 Å². The number of hydrogen-bond acceptors (Lipinski definition) is 3. The molecular formula is C11H10F3NO2S. The van der Waals surface area contributed by atoms with Crippen molar-refractivity contribution in [2.75, 3.05) is 5.75 Å². The van der Waals surface area contributed by atoms with Crippen LogP contribution in [-0.4, -0.2) is 22.9 Å². The molecule has 1 aromatic carbocycles. The van der Waals surface area contributed by atoms with Crippen molar-refractivity contribution in [1.82, 2.24) is 5.32 Å². The van der Waals surface area contributed by atoms with Gasteiger partial charge in [0.1, 0.15) is 6.04 Å².